The Labute approximate surface area is 114 Å². The van der Waals surface area contributed by atoms with Crippen molar-refractivity contribution >= 4 is 27.3 Å². The van der Waals surface area contributed by atoms with Crippen molar-refractivity contribution in [2.24, 2.45) is 0 Å². The molecule has 9 heteroatoms. The average molecular weight is 303 g/mol. The average Bonchev–Trinajstić information content (AvgIpc) is 2.83. The second kappa shape index (κ2) is 4.71. The van der Waals surface area contributed by atoms with E-state index in [9.17, 15) is 8.42 Å². The molecule has 19 heavy (non-hydrogen) atoms. The summed E-state index contributed by atoms with van der Waals surface area (Å²) in [5.41, 5.74) is 0.441. The molecule has 1 aliphatic heterocycles. The van der Waals surface area contributed by atoms with Crippen LogP contribution < -0.4 is 0 Å². The first-order valence-corrected chi connectivity index (χ1v) is 7.49. The largest absolute Gasteiger partial charge is 0.379 e. The highest BCUT2D eigenvalue weighted by Gasteiger charge is 2.29. The molecule has 1 saturated heterocycles. The number of sulfonamides is 1. The summed E-state index contributed by atoms with van der Waals surface area (Å²) in [7, 11) is -3.63. The second-order valence-corrected chi connectivity index (χ2v) is 6.31. The maximum atomic E-state index is 12.5. The Morgan fingerprint density at radius 3 is 2.74 bits per heavy atom. The molecule has 2 aromatic heterocycles. The monoisotopic (exact) mass is 302 g/mol. The van der Waals surface area contributed by atoms with Gasteiger partial charge in [-0.3, -0.25) is 0 Å². The van der Waals surface area contributed by atoms with E-state index in [1.807, 2.05) is 0 Å². The quantitative estimate of drug-likeness (QED) is 0.803. The molecule has 0 N–H and O–H groups in total. The summed E-state index contributed by atoms with van der Waals surface area (Å²) in [6.07, 6.45) is 1.30. The predicted molar refractivity (Wildman–Crippen MR) is 67.6 cm³/mol. The number of hydrogen-bond acceptors (Lipinski definition) is 5. The Kier molecular flexibility index (Phi) is 3.17. The lowest BCUT2D eigenvalue weighted by Gasteiger charge is -2.25. The molecule has 3 heterocycles. The van der Waals surface area contributed by atoms with Gasteiger partial charge in [0.15, 0.2) is 10.7 Å². The minimum atomic E-state index is -3.63. The second-order valence-electron chi connectivity index (χ2n) is 4.04. The van der Waals surface area contributed by atoms with Gasteiger partial charge < -0.3 is 4.74 Å². The molecule has 0 spiro atoms. The Hall–Kier alpha value is -1.22. The maximum absolute atomic E-state index is 12.5. The number of ether oxygens (including phenoxy) is 1. The molecule has 7 nitrogen and oxygen atoms in total. The van der Waals surface area contributed by atoms with Crippen LogP contribution in [0.25, 0.3) is 5.65 Å². The van der Waals surface area contributed by atoms with E-state index in [4.69, 9.17) is 16.3 Å². The van der Waals surface area contributed by atoms with Crippen molar-refractivity contribution in [1.29, 1.82) is 0 Å². The van der Waals surface area contributed by atoms with Crippen molar-refractivity contribution in [1.82, 2.24) is 18.9 Å². The number of morpholine rings is 1. The van der Waals surface area contributed by atoms with Gasteiger partial charge in [0.25, 0.3) is 10.0 Å². The molecule has 0 bridgehead atoms. The standard InChI is InChI=1S/C10H11ClN4O3S/c11-8-1-2-9-12-7-10(15(9)13-8)19(16,17)14-3-5-18-6-4-14/h1-2,7H,3-6H2. The summed E-state index contributed by atoms with van der Waals surface area (Å²) in [5, 5.41) is 4.21. The van der Waals surface area contributed by atoms with Gasteiger partial charge in [-0.05, 0) is 12.1 Å². The summed E-state index contributed by atoms with van der Waals surface area (Å²) >= 11 is 5.80. The summed E-state index contributed by atoms with van der Waals surface area (Å²) < 4.78 is 32.8. The van der Waals surface area contributed by atoms with Crippen LogP contribution >= 0.6 is 11.6 Å². The number of nitrogens with zero attached hydrogens (tertiary/aromatic N) is 4. The molecule has 1 fully saturated rings. The van der Waals surface area contributed by atoms with Crippen molar-refractivity contribution in [3.05, 3.63) is 23.5 Å². The number of rotatable bonds is 2. The molecule has 102 valence electrons. The zero-order valence-electron chi connectivity index (χ0n) is 9.86. The normalized spacial score (nSPS) is 17.9. The summed E-state index contributed by atoms with van der Waals surface area (Å²) in [4.78, 5) is 4.03. The third kappa shape index (κ3) is 2.20. The zero-order chi connectivity index (χ0) is 13.5. The van der Waals surface area contributed by atoms with Crippen LogP contribution in [0.5, 0.6) is 0 Å². The van der Waals surface area contributed by atoms with Crippen LogP contribution in [-0.4, -0.2) is 53.6 Å². The van der Waals surface area contributed by atoms with Crippen LogP contribution in [0.2, 0.25) is 5.15 Å². The molecule has 0 amide bonds. The molecule has 0 unspecified atom stereocenters. The smallest absolute Gasteiger partial charge is 0.262 e. The molecule has 3 rings (SSSR count). The Balaban J connectivity index is 2.10. The van der Waals surface area contributed by atoms with Crippen LogP contribution in [0.3, 0.4) is 0 Å². The van der Waals surface area contributed by atoms with Gasteiger partial charge in [0.05, 0.1) is 19.4 Å². The van der Waals surface area contributed by atoms with Crippen molar-refractivity contribution in [2.45, 2.75) is 5.03 Å². The van der Waals surface area contributed by atoms with E-state index in [1.165, 1.54) is 15.0 Å². The first-order chi connectivity index (χ1) is 9.09. The van der Waals surface area contributed by atoms with Crippen LogP contribution in [0.15, 0.2) is 23.4 Å². The lowest BCUT2D eigenvalue weighted by Crippen LogP contribution is -2.41. The number of imidazole rings is 1. The van der Waals surface area contributed by atoms with Gasteiger partial charge in [0, 0.05) is 13.1 Å². The molecule has 0 radical (unpaired) electrons. The molecule has 0 saturated carbocycles. The topological polar surface area (TPSA) is 76.8 Å². The first kappa shape index (κ1) is 12.8. The van der Waals surface area contributed by atoms with E-state index >= 15 is 0 Å². The van der Waals surface area contributed by atoms with Crippen LogP contribution in [-0.2, 0) is 14.8 Å². The highest BCUT2D eigenvalue weighted by atomic mass is 35.5. The minimum absolute atomic E-state index is 0.0203. The number of hydrogen-bond donors (Lipinski definition) is 0. The van der Waals surface area contributed by atoms with Gasteiger partial charge in [-0.2, -0.15) is 13.9 Å². The van der Waals surface area contributed by atoms with Gasteiger partial charge in [-0.1, -0.05) is 11.6 Å². The van der Waals surface area contributed by atoms with Crippen LogP contribution in [0, 0.1) is 0 Å². The fourth-order valence-corrected chi connectivity index (χ4v) is 3.50. The van der Waals surface area contributed by atoms with Crippen LogP contribution in [0.1, 0.15) is 0 Å². The third-order valence-electron chi connectivity index (χ3n) is 2.87. The third-order valence-corrected chi connectivity index (χ3v) is 4.93. The molecule has 0 aliphatic carbocycles. The van der Waals surface area contributed by atoms with E-state index in [-0.39, 0.29) is 10.2 Å². The van der Waals surface area contributed by atoms with E-state index in [2.05, 4.69) is 10.1 Å². The number of fused-ring (bicyclic) bond motifs is 1. The van der Waals surface area contributed by atoms with Crippen molar-refractivity contribution in [3.8, 4) is 0 Å². The lowest BCUT2D eigenvalue weighted by molar-refractivity contribution is 0.0729. The van der Waals surface area contributed by atoms with E-state index in [0.29, 0.717) is 32.0 Å². The Morgan fingerprint density at radius 2 is 2.00 bits per heavy atom. The molecule has 0 aromatic carbocycles. The number of aromatic nitrogens is 3. The highest BCUT2D eigenvalue weighted by Crippen LogP contribution is 2.18. The van der Waals surface area contributed by atoms with Gasteiger partial charge in [0.1, 0.15) is 5.15 Å². The summed E-state index contributed by atoms with van der Waals surface area (Å²) in [6, 6.07) is 3.18. The van der Waals surface area contributed by atoms with Gasteiger partial charge in [0.2, 0.25) is 0 Å². The summed E-state index contributed by atoms with van der Waals surface area (Å²) in [6.45, 7) is 1.45. The molecule has 2 aromatic rings. The first-order valence-electron chi connectivity index (χ1n) is 5.67. The minimum Gasteiger partial charge on any atom is -0.379 e. The van der Waals surface area contributed by atoms with Gasteiger partial charge >= 0.3 is 0 Å². The van der Waals surface area contributed by atoms with E-state index < -0.39 is 10.0 Å². The fraction of sp³-hybridized carbons (Fsp3) is 0.400. The maximum Gasteiger partial charge on any atom is 0.262 e. The molecular formula is C10H11ClN4O3S. The zero-order valence-corrected chi connectivity index (χ0v) is 11.4. The van der Waals surface area contributed by atoms with Crippen molar-refractivity contribution in [2.75, 3.05) is 26.3 Å². The molecule has 0 atom stereocenters. The fourth-order valence-electron chi connectivity index (χ4n) is 1.93. The SMILES string of the molecule is O=S(=O)(c1cnc2ccc(Cl)nn12)N1CCOCC1. The van der Waals surface area contributed by atoms with Gasteiger partial charge in [-0.15, -0.1) is 0 Å². The van der Waals surface area contributed by atoms with E-state index in [1.54, 1.807) is 12.1 Å². The van der Waals surface area contributed by atoms with Crippen molar-refractivity contribution < 1.29 is 13.2 Å². The Bertz CT molecular complexity index is 709. The highest BCUT2D eigenvalue weighted by molar-refractivity contribution is 7.89. The number of halogens is 1. The van der Waals surface area contributed by atoms with Gasteiger partial charge in [-0.25, -0.2) is 13.4 Å². The lowest BCUT2D eigenvalue weighted by atomic mass is 10.5. The van der Waals surface area contributed by atoms with Crippen molar-refractivity contribution in [3.63, 3.8) is 0 Å². The predicted octanol–water partition coefficient (Wildman–Crippen LogP) is 0.404. The molecule has 1 aliphatic rings. The van der Waals surface area contributed by atoms with Crippen LogP contribution in [0.4, 0.5) is 0 Å². The molecular weight excluding hydrogens is 292 g/mol. The summed E-state index contributed by atoms with van der Waals surface area (Å²) in [5.74, 6) is 0. The Morgan fingerprint density at radius 1 is 1.26 bits per heavy atom. The van der Waals surface area contributed by atoms with E-state index in [0.717, 1.165) is 0 Å².